The number of benzene rings is 3. The van der Waals surface area contributed by atoms with Crippen LogP contribution in [0, 0.1) is 0 Å². The summed E-state index contributed by atoms with van der Waals surface area (Å²) in [5.41, 5.74) is 0.582. The normalized spacial score (nSPS) is 10.7. The predicted molar refractivity (Wildman–Crippen MR) is 155 cm³/mol. The van der Waals surface area contributed by atoms with Gasteiger partial charge in [0.1, 0.15) is 22.5 Å². The number of hydrogen-bond acceptors (Lipinski definition) is 12. The van der Waals surface area contributed by atoms with Crippen molar-refractivity contribution in [3.8, 4) is 57.3 Å². The number of fused-ring (bicyclic) bond motifs is 1. The van der Waals surface area contributed by atoms with Gasteiger partial charge in [0.25, 0.3) is 5.91 Å². The summed E-state index contributed by atoms with van der Waals surface area (Å²) in [5, 5.41) is 10.4. The van der Waals surface area contributed by atoms with Gasteiger partial charge in [-0.3, -0.25) is 14.9 Å². The second-order valence-electron chi connectivity index (χ2n) is 8.82. The maximum Gasteiger partial charge on any atom is 0.322 e. The third-order valence-corrected chi connectivity index (χ3v) is 6.31. The first-order chi connectivity index (χ1) is 20.9. The van der Waals surface area contributed by atoms with Crippen LogP contribution in [0.4, 0.5) is 6.01 Å². The van der Waals surface area contributed by atoms with Crippen LogP contribution in [0.25, 0.3) is 33.7 Å². The monoisotopic (exact) mass is 589 g/mol. The molecule has 0 radical (unpaired) electrons. The van der Waals surface area contributed by atoms with Crippen molar-refractivity contribution >= 4 is 22.9 Å². The van der Waals surface area contributed by atoms with Crippen molar-refractivity contribution in [1.29, 1.82) is 0 Å². The van der Waals surface area contributed by atoms with Crippen molar-refractivity contribution in [2.45, 2.75) is 0 Å². The summed E-state index contributed by atoms with van der Waals surface area (Å²) >= 11 is 0. The average molecular weight is 590 g/mol. The molecule has 13 heteroatoms. The average Bonchev–Trinajstić information content (AvgIpc) is 3.51. The molecule has 222 valence electrons. The van der Waals surface area contributed by atoms with Crippen LogP contribution in [0.3, 0.4) is 0 Å². The minimum atomic E-state index is -0.666. The van der Waals surface area contributed by atoms with Crippen LogP contribution in [0.2, 0.25) is 0 Å². The number of hydrogen-bond donors (Lipinski definition) is 1. The summed E-state index contributed by atoms with van der Waals surface area (Å²) in [6.07, 6.45) is 0. The van der Waals surface area contributed by atoms with Crippen molar-refractivity contribution in [2.24, 2.45) is 0 Å². The van der Waals surface area contributed by atoms with E-state index in [1.54, 1.807) is 24.3 Å². The fourth-order valence-corrected chi connectivity index (χ4v) is 4.32. The van der Waals surface area contributed by atoms with Gasteiger partial charge in [-0.2, -0.15) is 0 Å². The number of nitrogens with one attached hydrogen (secondary N) is 1. The molecule has 5 rings (SSSR count). The molecule has 0 bridgehead atoms. The lowest BCUT2D eigenvalue weighted by Crippen LogP contribution is -2.23. The molecule has 1 N–H and O–H groups in total. The van der Waals surface area contributed by atoms with Gasteiger partial charge in [0.05, 0.1) is 35.5 Å². The van der Waals surface area contributed by atoms with E-state index in [1.165, 1.54) is 47.7 Å². The molecule has 0 spiro atoms. The van der Waals surface area contributed by atoms with E-state index in [9.17, 15) is 9.59 Å². The molecule has 0 aliphatic carbocycles. The molecule has 0 saturated carbocycles. The van der Waals surface area contributed by atoms with Crippen molar-refractivity contribution in [3.05, 3.63) is 64.8 Å². The summed E-state index contributed by atoms with van der Waals surface area (Å²) in [4.78, 5) is 26.8. The fraction of sp³-hybridized carbons (Fsp3) is 0.200. The van der Waals surface area contributed by atoms with Crippen molar-refractivity contribution < 1.29 is 42.1 Å². The van der Waals surface area contributed by atoms with Crippen LogP contribution in [-0.2, 0) is 4.79 Å². The quantitative estimate of drug-likeness (QED) is 0.230. The summed E-state index contributed by atoms with van der Waals surface area (Å²) in [6, 6.07) is 15.2. The zero-order valence-electron chi connectivity index (χ0n) is 23.9. The number of carbonyl (C=O) groups excluding carboxylic acids is 1. The highest BCUT2D eigenvalue weighted by atomic mass is 16.5. The zero-order chi connectivity index (χ0) is 30.5. The number of rotatable bonds is 11. The van der Waals surface area contributed by atoms with E-state index in [-0.39, 0.29) is 40.1 Å². The highest BCUT2D eigenvalue weighted by Crippen LogP contribution is 2.44. The Bertz CT molecular complexity index is 1810. The predicted octanol–water partition coefficient (Wildman–Crippen LogP) is 4.57. The standard InChI is InChI=1S/C30H27N3O10/c1-36-18-13-19(37-2)24-20(14-18)42-26(17-11-21(38-3)27(40-5)22(12-17)39-4)28(25(24)35)41-15-23(34)31-30-33-32-29(43-30)16-9-7-6-8-10-16/h6-14H,15H2,1-5H3,(H,31,33,34). The lowest BCUT2D eigenvalue weighted by atomic mass is 10.1. The Balaban J connectivity index is 1.55. The first kappa shape index (κ1) is 28.8. The van der Waals surface area contributed by atoms with Gasteiger partial charge in [-0.05, 0) is 24.3 Å². The van der Waals surface area contributed by atoms with Gasteiger partial charge < -0.3 is 37.3 Å². The van der Waals surface area contributed by atoms with Gasteiger partial charge in [0.2, 0.25) is 22.8 Å². The largest absolute Gasteiger partial charge is 0.496 e. The number of anilines is 1. The minimum Gasteiger partial charge on any atom is -0.496 e. The molecule has 0 unspecified atom stereocenters. The molecule has 0 atom stereocenters. The third-order valence-electron chi connectivity index (χ3n) is 6.31. The van der Waals surface area contributed by atoms with E-state index in [2.05, 4.69) is 15.5 Å². The Morgan fingerprint density at radius 1 is 0.767 bits per heavy atom. The molecule has 0 aliphatic rings. The van der Waals surface area contributed by atoms with Gasteiger partial charge in [-0.15, -0.1) is 5.10 Å². The van der Waals surface area contributed by atoms with Gasteiger partial charge in [0.15, 0.2) is 23.9 Å². The maximum atomic E-state index is 13.9. The van der Waals surface area contributed by atoms with Gasteiger partial charge in [-0.1, -0.05) is 23.3 Å². The van der Waals surface area contributed by atoms with E-state index in [0.717, 1.165) is 0 Å². The lowest BCUT2D eigenvalue weighted by Gasteiger charge is -2.16. The maximum absolute atomic E-state index is 13.9. The summed E-state index contributed by atoms with van der Waals surface area (Å²) in [6.45, 7) is -0.602. The van der Waals surface area contributed by atoms with E-state index >= 15 is 0 Å². The lowest BCUT2D eigenvalue weighted by molar-refractivity contribution is -0.118. The molecular weight excluding hydrogens is 562 g/mol. The number of carbonyl (C=O) groups is 1. The van der Waals surface area contributed by atoms with Gasteiger partial charge in [0, 0.05) is 23.3 Å². The minimum absolute atomic E-state index is 0.0102. The molecule has 43 heavy (non-hydrogen) atoms. The van der Waals surface area contributed by atoms with Crippen LogP contribution in [0.5, 0.6) is 34.5 Å². The molecule has 0 aliphatic heterocycles. The summed E-state index contributed by atoms with van der Waals surface area (Å²) < 4.78 is 44.7. The van der Waals surface area contributed by atoms with Gasteiger partial charge in [-0.25, -0.2) is 0 Å². The Hall–Kier alpha value is -5.72. The Labute approximate surface area is 244 Å². The second-order valence-corrected chi connectivity index (χ2v) is 8.82. The highest BCUT2D eigenvalue weighted by Gasteiger charge is 2.25. The molecule has 0 fully saturated rings. The van der Waals surface area contributed by atoms with E-state index in [0.29, 0.717) is 34.1 Å². The van der Waals surface area contributed by atoms with E-state index in [4.69, 9.17) is 37.3 Å². The van der Waals surface area contributed by atoms with Crippen molar-refractivity contribution in [1.82, 2.24) is 10.2 Å². The zero-order valence-corrected chi connectivity index (χ0v) is 23.9. The molecule has 0 saturated heterocycles. The number of amides is 1. The Morgan fingerprint density at radius 3 is 2.09 bits per heavy atom. The molecule has 3 aromatic carbocycles. The Kier molecular flexibility index (Phi) is 8.32. The van der Waals surface area contributed by atoms with Crippen LogP contribution in [0.1, 0.15) is 0 Å². The topological polar surface area (TPSA) is 154 Å². The number of aromatic nitrogens is 2. The first-order valence-electron chi connectivity index (χ1n) is 12.8. The molecule has 2 heterocycles. The fourth-order valence-electron chi connectivity index (χ4n) is 4.32. The second kappa shape index (κ2) is 12.4. The number of nitrogens with zero attached hydrogens (tertiary/aromatic N) is 2. The van der Waals surface area contributed by atoms with Gasteiger partial charge >= 0.3 is 6.01 Å². The summed E-state index contributed by atoms with van der Waals surface area (Å²) in [5.74, 6) is 0.795. The first-order valence-corrected chi connectivity index (χ1v) is 12.8. The van der Waals surface area contributed by atoms with Crippen molar-refractivity contribution in [3.63, 3.8) is 0 Å². The highest BCUT2D eigenvalue weighted by molar-refractivity contribution is 5.91. The van der Waals surface area contributed by atoms with E-state index < -0.39 is 17.9 Å². The smallest absolute Gasteiger partial charge is 0.322 e. The van der Waals surface area contributed by atoms with Crippen molar-refractivity contribution in [2.75, 3.05) is 47.5 Å². The molecular formula is C30H27N3O10. The van der Waals surface area contributed by atoms with Crippen LogP contribution in [0.15, 0.2) is 68.2 Å². The van der Waals surface area contributed by atoms with Crippen LogP contribution < -0.4 is 39.2 Å². The molecule has 2 aromatic heterocycles. The number of methoxy groups -OCH3 is 5. The molecule has 13 nitrogen and oxygen atoms in total. The molecule has 1 amide bonds. The summed E-state index contributed by atoms with van der Waals surface area (Å²) in [7, 11) is 7.25. The third kappa shape index (κ3) is 5.73. The molecule has 5 aromatic rings. The van der Waals surface area contributed by atoms with Crippen LogP contribution in [-0.4, -0.2) is 58.3 Å². The SMILES string of the molecule is COc1cc(OC)c2c(=O)c(OCC(=O)Nc3nnc(-c4ccccc4)o3)c(-c3cc(OC)c(OC)c(OC)c3)oc2c1. The Morgan fingerprint density at radius 2 is 1.47 bits per heavy atom. The van der Waals surface area contributed by atoms with Crippen LogP contribution >= 0.6 is 0 Å². The number of ether oxygens (including phenoxy) is 6. The van der Waals surface area contributed by atoms with E-state index in [1.807, 2.05) is 18.2 Å².